The Hall–Kier alpha value is -3.72. The van der Waals surface area contributed by atoms with Crippen LogP contribution in [0.15, 0.2) is 72.8 Å². The summed E-state index contributed by atoms with van der Waals surface area (Å²) in [7, 11) is 8.55. The average molecular weight is 564 g/mol. The molecule has 0 fully saturated rings. The molecule has 0 aliphatic rings. The summed E-state index contributed by atoms with van der Waals surface area (Å²) in [4.78, 5) is 2.17. The van der Waals surface area contributed by atoms with E-state index in [-0.39, 0.29) is 5.41 Å². The van der Waals surface area contributed by atoms with Crippen LogP contribution in [0, 0.1) is 0 Å². The van der Waals surface area contributed by atoms with Gasteiger partial charge in [0.1, 0.15) is 0 Å². The number of anilines is 1. The van der Waals surface area contributed by atoms with Crippen molar-refractivity contribution < 1.29 is 0 Å². The van der Waals surface area contributed by atoms with Crippen molar-refractivity contribution in [1.82, 2.24) is 9.13 Å². The van der Waals surface area contributed by atoms with Gasteiger partial charge in [-0.3, -0.25) is 0 Å². The Morgan fingerprint density at radius 3 is 1.36 bits per heavy atom. The number of nitrogens with zero attached hydrogens (tertiary/aromatic N) is 3. The molecule has 0 atom stereocenters. The van der Waals surface area contributed by atoms with Gasteiger partial charge in [-0.1, -0.05) is 80.5 Å². The summed E-state index contributed by atoms with van der Waals surface area (Å²) in [6.45, 7) is 19.0. The van der Waals surface area contributed by atoms with E-state index in [0.717, 1.165) is 6.42 Å². The maximum atomic E-state index is 2.42. The fraction of sp³-hybridized carbons (Fsp3) is 0.385. The molecule has 0 aliphatic heterocycles. The molecular weight excluding hydrogens is 510 g/mol. The monoisotopic (exact) mass is 563 g/mol. The molecule has 0 spiro atoms. The molecule has 0 aliphatic carbocycles. The van der Waals surface area contributed by atoms with Gasteiger partial charge in [0.05, 0.1) is 0 Å². The van der Waals surface area contributed by atoms with E-state index in [1.54, 1.807) is 0 Å². The van der Waals surface area contributed by atoms with Crippen molar-refractivity contribution in [3.05, 3.63) is 78.4 Å². The number of rotatable bonds is 4. The third kappa shape index (κ3) is 5.67. The molecule has 6 rings (SSSR count). The molecular formula is C39H53N3. The molecule has 224 valence electrons. The van der Waals surface area contributed by atoms with Crippen LogP contribution >= 0.6 is 0 Å². The van der Waals surface area contributed by atoms with Gasteiger partial charge in [0.25, 0.3) is 0 Å². The van der Waals surface area contributed by atoms with Gasteiger partial charge in [0, 0.05) is 77.5 Å². The van der Waals surface area contributed by atoms with Crippen LogP contribution in [-0.2, 0) is 19.5 Å². The minimum Gasteiger partial charge on any atom is -0.378 e. The van der Waals surface area contributed by atoms with Crippen molar-refractivity contribution in [1.29, 1.82) is 0 Å². The second kappa shape index (κ2) is 13.5. The Morgan fingerprint density at radius 1 is 0.548 bits per heavy atom. The average Bonchev–Trinajstić information content (AvgIpc) is 3.49. The van der Waals surface area contributed by atoms with Gasteiger partial charge in [0.15, 0.2) is 0 Å². The van der Waals surface area contributed by atoms with Crippen molar-refractivity contribution in [3.63, 3.8) is 0 Å². The molecule has 0 amide bonds. The first-order chi connectivity index (χ1) is 20.2. The van der Waals surface area contributed by atoms with Gasteiger partial charge >= 0.3 is 0 Å². The second-order valence-corrected chi connectivity index (χ2v) is 11.1. The summed E-state index contributed by atoms with van der Waals surface area (Å²) in [5.74, 6) is 0. The fourth-order valence-corrected chi connectivity index (χ4v) is 5.69. The summed E-state index contributed by atoms with van der Waals surface area (Å²) < 4.78 is 4.63. The molecule has 0 unspecified atom stereocenters. The molecule has 6 aromatic rings. The van der Waals surface area contributed by atoms with E-state index in [0.29, 0.717) is 0 Å². The van der Waals surface area contributed by atoms with Gasteiger partial charge < -0.3 is 14.0 Å². The molecule has 42 heavy (non-hydrogen) atoms. The highest BCUT2D eigenvalue weighted by molar-refractivity contribution is 6.12. The quantitative estimate of drug-likeness (QED) is 0.208. The maximum absolute atomic E-state index is 2.42. The van der Waals surface area contributed by atoms with Gasteiger partial charge in [-0.2, -0.15) is 0 Å². The van der Waals surface area contributed by atoms with Gasteiger partial charge in [-0.05, 0) is 83.1 Å². The molecule has 0 bridgehead atoms. The molecule has 0 saturated heterocycles. The summed E-state index contributed by atoms with van der Waals surface area (Å²) >= 11 is 0. The van der Waals surface area contributed by atoms with Crippen LogP contribution in [0.25, 0.3) is 54.7 Å². The lowest BCUT2D eigenvalue weighted by molar-refractivity contribution is 0.507. The van der Waals surface area contributed by atoms with Crippen molar-refractivity contribution in [2.75, 3.05) is 19.0 Å². The lowest BCUT2D eigenvalue weighted by Gasteiger charge is -2.23. The van der Waals surface area contributed by atoms with Crippen molar-refractivity contribution in [3.8, 4) is 11.1 Å². The van der Waals surface area contributed by atoms with Crippen LogP contribution in [0.1, 0.15) is 74.3 Å². The minimum atomic E-state index is 0.165. The molecule has 2 heterocycles. The Morgan fingerprint density at radius 2 is 0.929 bits per heavy atom. The van der Waals surface area contributed by atoms with E-state index >= 15 is 0 Å². The first kappa shape index (κ1) is 32.8. The summed E-state index contributed by atoms with van der Waals surface area (Å²) in [5, 5.41) is 5.28. The van der Waals surface area contributed by atoms with E-state index in [2.05, 4.69) is 136 Å². The number of hydrogen-bond donors (Lipinski definition) is 0. The van der Waals surface area contributed by atoms with Crippen LogP contribution < -0.4 is 4.90 Å². The molecule has 0 saturated carbocycles. The predicted octanol–water partition coefficient (Wildman–Crippen LogP) is 11.5. The first-order valence-electron chi connectivity index (χ1n) is 15.9. The summed E-state index contributed by atoms with van der Waals surface area (Å²) in [6.07, 6.45) is 1.12. The number of benzene rings is 4. The molecule has 2 aromatic heterocycles. The predicted molar refractivity (Wildman–Crippen MR) is 192 cm³/mol. The normalized spacial score (nSPS) is 11.1. The smallest absolute Gasteiger partial charge is 0.0490 e. The third-order valence-electron chi connectivity index (χ3n) is 8.51. The van der Waals surface area contributed by atoms with Crippen molar-refractivity contribution in [2.45, 2.75) is 74.1 Å². The first-order valence-corrected chi connectivity index (χ1v) is 15.9. The summed E-state index contributed by atoms with van der Waals surface area (Å²) in [6, 6.07) is 27.6. The standard InChI is InChI=1S/C33H35N3.3C2H6/c1-8-33(2,3)23-11-15-31-27(19-23)25-17-21(9-13-29(25)35(31)6)22-10-14-30-26(18-22)28-20-24(34(4)5)12-16-32(28)36(30)7;3*1-2/h9-20H,8H2,1-7H3;3*1-2H3. The Balaban J connectivity index is 0.000000760. The van der Waals surface area contributed by atoms with Gasteiger partial charge in [0.2, 0.25) is 0 Å². The molecule has 3 nitrogen and oxygen atoms in total. The SMILES string of the molecule is CC.CC.CC.CCC(C)(C)c1ccc2c(c1)c1cc(-c3ccc4c(c3)c3cc(N(C)C)ccc3n4C)ccc1n2C. The Labute approximate surface area is 254 Å². The van der Waals surface area contributed by atoms with E-state index in [9.17, 15) is 0 Å². The van der Waals surface area contributed by atoms with Crippen LogP contribution in [-0.4, -0.2) is 23.2 Å². The van der Waals surface area contributed by atoms with Gasteiger partial charge in [-0.15, -0.1) is 0 Å². The van der Waals surface area contributed by atoms with Crippen molar-refractivity contribution >= 4 is 49.3 Å². The molecule has 4 aromatic carbocycles. The Kier molecular flexibility index (Phi) is 10.5. The zero-order valence-corrected chi connectivity index (χ0v) is 28.5. The van der Waals surface area contributed by atoms with Gasteiger partial charge in [-0.25, -0.2) is 0 Å². The molecule has 0 N–H and O–H groups in total. The summed E-state index contributed by atoms with van der Waals surface area (Å²) in [5.41, 5.74) is 10.4. The van der Waals surface area contributed by atoms with Crippen molar-refractivity contribution in [2.24, 2.45) is 14.1 Å². The van der Waals surface area contributed by atoms with E-state index in [4.69, 9.17) is 0 Å². The topological polar surface area (TPSA) is 13.1 Å². The molecule has 3 heteroatoms. The zero-order chi connectivity index (χ0) is 31.4. The minimum absolute atomic E-state index is 0.165. The Bertz CT molecular complexity index is 1790. The highest BCUT2D eigenvalue weighted by Crippen LogP contribution is 2.38. The number of fused-ring (bicyclic) bond motifs is 6. The highest BCUT2D eigenvalue weighted by Gasteiger charge is 2.20. The number of aryl methyl sites for hydroxylation is 2. The van der Waals surface area contributed by atoms with E-state index in [1.807, 2.05) is 41.5 Å². The highest BCUT2D eigenvalue weighted by atomic mass is 15.1. The van der Waals surface area contributed by atoms with E-state index in [1.165, 1.54) is 66.0 Å². The lowest BCUT2D eigenvalue weighted by Crippen LogP contribution is -2.15. The third-order valence-corrected chi connectivity index (χ3v) is 8.51. The zero-order valence-electron chi connectivity index (χ0n) is 28.5. The largest absolute Gasteiger partial charge is 0.378 e. The van der Waals surface area contributed by atoms with Crippen LogP contribution in [0.3, 0.4) is 0 Å². The second-order valence-electron chi connectivity index (χ2n) is 11.1. The van der Waals surface area contributed by atoms with Crippen LogP contribution in [0.5, 0.6) is 0 Å². The fourth-order valence-electron chi connectivity index (χ4n) is 5.69. The van der Waals surface area contributed by atoms with E-state index < -0.39 is 0 Å². The lowest BCUT2D eigenvalue weighted by atomic mass is 9.82. The van der Waals surface area contributed by atoms with Crippen LogP contribution in [0.2, 0.25) is 0 Å². The number of aromatic nitrogens is 2. The van der Waals surface area contributed by atoms with Crippen LogP contribution in [0.4, 0.5) is 5.69 Å². The maximum Gasteiger partial charge on any atom is 0.0490 e. The number of hydrogen-bond acceptors (Lipinski definition) is 1. The molecule has 0 radical (unpaired) electrons.